The third-order valence-corrected chi connectivity index (χ3v) is 3.26. The second-order valence-corrected chi connectivity index (χ2v) is 4.70. The fourth-order valence-electron chi connectivity index (χ4n) is 2.39. The van der Waals surface area contributed by atoms with Crippen molar-refractivity contribution in [3.8, 4) is 0 Å². The molecule has 1 aliphatic carbocycles. The zero-order valence-electron chi connectivity index (χ0n) is 11.0. The van der Waals surface area contributed by atoms with Gasteiger partial charge in [0.2, 0.25) is 0 Å². The number of nitrogens with zero attached hydrogens (tertiary/aromatic N) is 1. The molecular formula is C13H27N3O. The van der Waals surface area contributed by atoms with E-state index < -0.39 is 0 Å². The van der Waals surface area contributed by atoms with Crippen molar-refractivity contribution >= 4 is 5.96 Å². The number of rotatable bonds is 7. The van der Waals surface area contributed by atoms with Crippen molar-refractivity contribution in [3.05, 3.63) is 0 Å². The molecule has 1 saturated carbocycles. The second-order valence-electron chi connectivity index (χ2n) is 4.70. The average Bonchev–Trinajstić information content (AvgIpc) is 2.84. The Morgan fingerprint density at radius 1 is 1.29 bits per heavy atom. The highest BCUT2D eigenvalue weighted by molar-refractivity contribution is 5.79. The van der Waals surface area contributed by atoms with Gasteiger partial charge in [0.1, 0.15) is 0 Å². The molecule has 0 bridgehead atoms. The Kier molecular flexibility index (Phi) is 7.80. The Hall–Kier alpha value is -0.770. The minimum absolute atomic E-state index is 0.145. The maximum Gasteiger partial charge on any atom is 0.191 e. The summed E-state index contributed by atoms with van der Waals surface area (Å²) in [5.41, 5.74) is 0. The van der Waals surface area contributed by atoms with Crippen LogP contribution in [0.15, 0.2) is 4.99 Å². The molecular weight excluding hydrogens is 214 g/mol. The summed E-state index contributed by atoms with van der Waals surface area (Å²) in [6, 6.07) is 0. The van der Waals surface area contributed by atoms with Gasteiger partial charge in [-0.3, -0.25) is 4.99 Å². The van der Waals surface area contributed by atoms with E-state index in [2.05, 4.69) is 22.5 Å². The zero-order valence-corrected chi connectivity index (χ0v) is 11.0. The topological polar surface area (TPSA) is 56.7 Å². The summed E-state index contributed by atoms with van der Waals surface area (Å²) in [7, 11) is 0. The lowest BCUT2D eigenvalue weighted by molar-refractivity contribution is 0.300. The molecule has 0 heterocycles. The highest BCUT2D eigenvalue weighted by Crippen LogP contribution is 2.28. The van der Waals surface area contributed by atoms with Gasteiger partial charge in [0, 0.05) is 19.6 Å². The first-order valence-electron chi connectivity index (χ1n) is 7.00. The minimum Gasteiger partial charge on any atom is -0.395 e. The van der Waals surface area contributed by atoms with Crippen LogP contribution in [0, 0.1) is 5.92 Å². The molecule has 0 aromatic rings. The third kappa shape index (κ3) is 6.51. The van der Waals surface area contributed by atoms with Crippen molar-refractivity contribution in [2.45, 2.75) is 45.4 Å². The van der Waals surface area contributed by atoms with E-state index in [0.29, 0.717) is 6.54 Å². The molecule has 0 spiro atoms. The maximum absolute atomic E-state index is 8.75. The van der Waals surface area contributed by atoms with Crippen molar-refractivity contribution in [3.63, 3.8) is 0 Å². The van der Waals surface area contributed by atoms with Gasteiger partial charge in [-0.15, -0.1) is 0 Å². The van der Waals surface area contributed by atoms with Gasteiger partial charge < -0.3 is 15.7 Å². The summed E-state index contributed by atoms with van der Waals surface area (Å²) >= 11 is 0. The normalized spacial score (nSPS) is 17.4. The molecule has 1 rings (SSSR count). The van der Waals surface area contributed by atoms with Crippen LogP contribution in [-0.4, -0.2) is 37.3 Å². The van der Waals surface area contributed by atoms with Crippen molar-refractivity contribution < 1.29 is 5.11 Å². The molecule has 1 aliphatic rings. The first-order chi connectivity index (χ1) is 8.36. The molecule has 0 saturated heterocycles. The van der Waals surface area contributed by atoms with Crippen LogP contribution in [0.25, 0.3) is 0 Å². The lowest BCUT2D eigenvalue weighted by Crippen LogP contribution is -2.38. The lowest BCUT2D eigenvalue weighted by Gasteiger charge is -2.10. The summed E-state index contributed by atoms with van der Waals surface area (Å²) in [5.74, 6) is 1.78. The van der Waals surface area contributed by atoms with Crippen molar-refractivity contribution in [1.29, 1.82) is 0 Å². The smallest absolute Gasteiger partial charge is 0.191 e. The molecule has 0 atom stereocenters. The summed E-state index contributed by atoms with van der Waals surface area (Å²) in [6.07, 6.45) is 8.20. The predicted octanol–water partition coefficient (Wildman–Crippen LogP) is 1.50. The van der Waals surface area contributed by atoms with E-state index in [4.69, 9.17) is 5.11 Å². The van der Waals surface area contributed by atoms with Crippen LogP contribution < -0.4 is 10.6 Å². The van der Waals surface area contributed by atoms with Crippen LogP contribution in [0.3, 0.4) is 0 Å². The average molecular weight is 241 g/mol. The number of aliphatic hydroxyl groups is 1. The van der Waals surface area contributed by atoms with Crippen LogP contribution in [0.2, 0.25) is 0 Å². The molecule has 3 N–H and O–H groups in total. The summed E-state index contributed by atoms with van der Waals surface area (Å²) in [6.45, 7) is 4.51. The van der Waals surface area contributed by atoms with E-state index in [0.717, 1.165) is 25.0 Å². The Balaban J connectivity index is 2.13. The third-order valence-electron chi connectivity index (χ3n) is 3.26. The van der Waals surface area contributed by atoms with E-state index >= 15 is 0 Å². The molecule has 4 nitrogen and oxygen atoms in total. The second kappa shape index (κ2) is 9.28. The molecule has 0 aromatic carbocycles. The first-order valence-corrected chi connectivity index (χ1v) is 7.00. The molecule has 4 heteroatoms. The molecule has 100 valence electrons. The molecule has 0 amide bonds. The van der Waals surface area contributed by atoms with Gasteiger partial charge in [-0.2, -0.15) is 0 Å². The molecule has 17 heavy (non-hydrogen) atoms. The maximum atomic E-state index is 8.75. The van der Waals surface area contributed by atoms with Crippen LogP contribution in [-0.2, 0) is 0 Å². The SMILES string of the molecule is CCNC(=NCCCC1CCCC1)NCCO. The Labute approximate surface area is 105 Å². The molecule has 0 radical (unpaired) electrons. The fraction of sp³-hybridized carbons (Fsp3) is 0.923. The van der Waals surface area contributed by atoms with E-state index in [1.54, 1.807) is 0 Å². The number of aliphatic hydroxyl groups excluding tert-OH is 1. The Morgan fingerprint density at radius 3 is 2.71 bits per heavy atom. The van der Waals surface area contributed by atoms with Crippen LogP contribution in [0.4, 0.5) is 0 Å². The van der Waals surface area contributed by atoms with Gasteiger partial charge in [-0.1, -0.05) is 25.7 Å². The van der Waals surface area contributed by atoms with Gasteiger partial charge in [0.25, 0.3) is 0 Å². The number of nitrogens with one attached hydrogen (secondary N) is 2. The van der Waals surface area contributed by atoms with Crippen molar-refractivity contribution in [2.75, 3.05) is 26.2 Å². The molecule has 0 aromatic heterocycles. The predicted molar refractivity (Wildman–Crippen MR) is 72.3 cm³/mol. The van der Waals surface area contributed by atoms with Crippen molar-refractivity contribution in [1.82, 2.24) is 10.6 Å². The number of hydrogen-bond donors (Lipinski definition) is 3. The standard InChI is InChI=1S/C13H27N3O/c1-2-14-13(16-10-11-17)15-9-5-8-12-6-3-4-7-12/h12,17H,2-11H2,1H3,(H2,14,15,16). The Bertz CT molecular complexity index is 213. The number of aliphatic imine (C=N–C) groups is 1. The number of guanidine groups is 1. The Morgan fingerprint density at radius 2 is 2.06 bits per heavy atom. The van der Waals surface area contributed by atoms with E-state index in [9.17, 15) is 0 Å². The van der Waals surface area contributed by atoms with Gasteiger partial charge in [-0.25, -0.2) is 0 Å². The number of hydrogen-bond acceptors (Lipinski definition) is 2. The van der Waals surface area contributed by atoms with Gasteiger partial charge in [0.15, 0.2) is 5.96 Å². The highest BCUT2D eigenvalue weighted by Gasteiger charge is 2.13. The zero-order chi connectivity index (χ0) is 12.3. The van der Waals surface area contributed by atoms with E-state index in [1.807, 2.05) is 0 Å². The quantitative estimate of drug-likeness (QED) is 0.360. The molecule has 1 fully saturated rings. The van der Waals surface area contributed by atoms with E-state index in [-0.39, 0.29) is 6.61 Å². The van der Waals surface area contributed by atoms with Gasteiger partial charge >= 0.3 is 0 Å². The largest absolute Gasteiger partial charge is 0.395 e. The minimum atomic E-state index is 0.145. The van der Waals surface area contributed by atoms with Crippen molar-refractivity contribution in [2.24, 2.45) is 10.9 Å². The monoisotopic (exact) mass is 241 g/mol. The molecule has 0 aliphatic heterocycles. The van der Waals surface area contributed by atoms with Gasteiger partial charge in [-0.05, 0) is 25.7 Å². The fourth-order valence-corrected chi connectivity index (χ4v) is 2.39. The van der Waals surface area contributed by atoms with Crippen LogP contribution in [0.5, 0.6) is 0 Å². The summed E-state index contributed by atoms with van der Waals surface area (Å²) in [4.78, 5) is 4.50. The summed E-state index contributed by atoms with van der Waals surface area (Å²) in [5, 5.41) is 15.0. The first kappa shape index (κ1) is 14.3. The van der Waals surface area contributed by atoms with Crippen LogP contribution >= 0.6 is 0 Å². The lowest BCUT2D eigenvalue weighted by atomic mass is 10.0. The van der Waals surface area contributed by atoms with Gasteiger partial charge in [0.05, 0.1) is 6.61 Å². The van der Waals surface area contributed by atoms with Crippen LogP contribution in [0.1, 0.15) is 45.4 Å². The molecule has 0 unspecified atom stereocenters. The highest BCUT2D eigenvalue weighted by atomic mass is 16.3. The van der Waals surface area contributed by atoms with E-state index in [1.165, 1.54) is 38.5 Å². The summed E-state index contributed by atoms with van der Waals surface area (Å²) < 4.78 is 0.